The lowest BCUT2D eigenvalue weighted by atomic mass is 9.84. The van der Waals surface area contributed by atoms with E-state index in [1.807, 2.05) is 0 Å². The molecule has 0 radical (unpaired) electrons. The van der Waals surface area contributed by atoms with Gasteiger partial charge < -0.3 is 15.4 Å². The summed E-state index contributed by atoms with van der Waals surface area (Å²) in [5, 5.41) is 5.66. The van der Waals surface area contributed by atoms with E-state index >= 15 is 0 Å². The average molecular weight is 286 g/mol. The van der Waals surface area contributed by atoms with Crippen molar-refractivity contribution in [1.29, 1.82) is 0 Å². The van der Waals surface area contributed by atoms with E-state index in [9.17, 15) is 18.0 Å². The molecule has 0 aliphatic carbocycles. The van der Waals surface area contributed by atoms with Crippen LogP contribution >= 0.6 is 0 Å². The largest absolute Gasteiger partial charge is 0.416 e. The summed E-state index contributed by atoms with van der Waals surface area (Å²) in [5.41, 5.74) is -0.935. The first-order valence-electron chi connectivity index (χ1n) is 6.18. The summed E-state index contributed by atoms with van der Waals surface area (Å²) >= 11 is 0. The van der Waals surface area contributed by atoms with Crippen LogP contribution in [0.1, 0.15) is 12.5 Å². The molecule has 20 heavy (non-hydrogen) atoms. The highest BCUT2D eigenvalue weighted by Crippen LogP contribution is 2.40. The first kappa shape index (κ1) is 13.2. The van der Waals surface area contributed by atoms with Gasteiger partial charge in [0.15, 0.2) is 0 Å². The zero-order chi connectivity index (χ0) is 14.5. The fraction of sp³-hybridized carbons (Fsp3) is 0.462. The highest BCUT2D eigenvalue weighted by atomic mass is 19.4. The molecule has 2 heterocycles. The smallest absolute Gasteiger partial charge is 0.378 e. The second-order valence-corrected chi connectivity index (χ2v) is 5.34. The summed E-state index contributed by atoms with van der Waals surface area (Å²) in [6.45, 7) is 2.34. The molecule has 2 N–H and O–H groups in total. The second kappa shape index (κ2) is 4.12. The maximum Gasteiger partial charge on any atom is 0.416 e. The molecule has 1 aromatic carbocycles. The molecule has 4 nitrogen and oxygen atoms in total. The fourth-order valence-corrected chi connectivity index (χ4v) is 2.50. The van der Waals surface area contributed by atoms with E-state index in [2.05, 4.69) is 10.6 Å². The van der Waals surface area contributed by atoms with Crippen molar-refractivity contribution < 1.29 is 22.7 Å². The van der Waals surface area contributed by atoms with Crippen molar-refractivity contribution in [2.24, 2.45) is 5.41 Å². The van der Waals surface area contributed by atoms with Crippen molar-refractivity contribution in [2.45, 2.75) is 19.1 Å². The van der Waals surface area contributed by atoms with Gasteiger partial charge in [-0.15, -0.1) is 0 Å². The van der Waals surface area contributed by atoms with Gasteiger partial charge in [0.25, 0.3) is 0 Å². The van der Waals surface area contributed by atoms with Gasteiger partial charge in [0.05, 0.1) is 41.6 Å². The molecule has 0 aromatic heterocycles. The Morgan fingerprint density at radius 2 is 2.10 bits per heavy atom. The summed E-state index contributed by atoms with van der Waals surface area (Å²) in [4.78, 5) is 12.2. The number of amides is 1. The fourth-order valence-electron chi connectivity index (χ4n) is 2.50. The Hall–Kier alpha value is -1.76. The molecule has 1 amide bonds. The monoisotopic (exact) mass is 286 g/mol. The van der Waals surface area contributed by atoms with E-state index in [1.165, 1.54) is 6.07 Å². The number of carbonyl (C=O) groups excluding carboxylic acids is 1. The lowest BCUT2D eigenvalue weighted by molar-refractivity contribution is -0.137. The minimum Gasteiger partial charge on any atom is -0.378 e. The van der Waals surface area contributed by atoms with Crippen LogP contribution in [-0.2, 0) is 15.7 Å². The number of rotatable bonds is 0. The number of hydrogen-bond acceptors (Lipinski definition) is 3. The molecule has 2 aliphatic rings. The van der Waals surface area contributed by atoms with Crippen LogP contribution in [0.25, 0.3) is 0 Å². The molecule has 1 saturated heterocycles. The number of benzene rings is 1. The zero-order valence-corrected chi connectivity index (χ0v) is 10.7. The first-order chi connectivity index (χ1) is 9.30. The van der Waals surface area contributed by atoms with Crippen molar-refractivity contribution in [3.8, 4) is 0 Å². The topological polar surface area (TPSA) is 50.4 Å². The third-order valence-electron chi connectivity index (χ3n) is 3.90. The summed E-state index contributed by atoms with van der Waals surface area (Å²) in [6, 6.07) is 3.03. The van der Waals surface area contributed by atoms with E-state index < -0.39 is 17.2 Å². The number of fused-ring (bicyclic) bond motifs is 2. The van der Waals surface area contributed by atoms with Crippen molar-refractivity contribution >= 4 is 17.3 Å². The molecule has 2 atom stereocenters. The van der Waals surface area contributed by atoms with Gasteiger partial charge in [0.2, 0.25) is 5.91 Å². The van der Waals surface area contributed by atoms with Crippen molar-refractivity contribution in [3.05, 3.63) is 23.8 Å². The van der Waals surface area contributed by atoms with E-state index in [0.29, 0.717) is 12.3 Å². The zero-order valence-electron chi connectivity index (χ0n) is 10.7. The third-order valence-corrected chi connectivity index (χ3v) is 3.90. The molecule has 1 aromatic rings. The van der Waals surface area contributed by atoms with Gasteiger partial charge in [-0.25, -0.2) is 0 Å². The minimum absolute atomic E-state index is 0.153. The lowest BCUT2D eigenvalue weighted by Gasteiger charge is -2.25. The molecule has 2 unspecified atom stereocenters. The van der Waals surface area contributed by atoms with Crippen LogP contribution in [0.4, 0.5) is 24.5 Å². The van der Waals surface area contributed by atoms with Gasteiger partial charge in [0, 0.05) is 0 Å². The van der Waals surface area contributed by atoms with Crippen molar-refractivity contribution in [3.63, 3.8) is 0 Å². The van der Waals surface area contributed by atoms with Gasteiger partial charge in [-0.1, -0.05) is 0 Å². The third kappa shape index (κ3) is 1.93. The Labute approximate surface area is 113 Å². The van der Waals surface area contributed by atoms with Crippen LogP contribution in [0.5, 0.6) is 0 Å². The molecular weight excluding hydrogens is 273 g/mol. The molecule has 0 bridgehead atoms. The minimum atomic E-state index is -4.44. The van der Waals surface area contributed by atoms with Crippen LogP contribution in [0, 0.1) is 5.41 Å². The standard InChI is InChI=1S/C13H13F3N2O2/c1-12-6-20-5-10(12)17-8-3-2-7(13(14,15)16)4-9(8)18-11(12)19/h2-4,10,17H,5-6H2,1H3,(H,18,19). The SMILES string of the molecule is CC12COCC1Nc1ccc(C(F)(F)F)cc1NC2=O. The van der Waals surface area contributed by atoms with Crippen LogP contribution in [0.3, 0.4) is 0 Å². The van der Waals surface area contributed by atoms with Crippen molar-refractivity contribution in [1.82, 2.24) is 0 Å². The molecule has 0 spiro atoms. The Bertz CT molecular complexity index is 573. The summed E-state index contributed by atoms with van der Waals surface area (Å²) in [6.07, 6.45) is -4.44. The Morgan fingerprint density at radius 1 is 1.35 bits per heavy atom. The number of nitrogens with one attached hydrogen (secondary N) is 2. The molecule has 2 aliphatic heterocycles. The Balaban J connectivity index is 2.02. The van der Waals surface area contributed by atoms with Crippen LogP contribution in [0.2, 0.25) is 0 Å². The average Bonchev–Trinajstić information content (AvgIpc) is 2.68. The van der Waals surface area contributed by atoms with Gasteiger partial charge in [-0.05, 0) is 25.1 Å². The first-order valence-corrected chi connectivity index (χ1v) is 6.18. The lowest BCUT2D eigenvalue weighted by Crippen LogP contribution is -2.44. The highest BCUT2D eigenvalue weighted by molar-refractivity contribution is 6.00. The summed E-state index contributed by atoms with van der Waals surface area (Å²) in [5.74, 6) is -0.328. The summed E-state index contributed by atoms with van der Waals surface area (Å²) < 4.78 is 43.4. The van der Waals surface area contributed by atoms with Gasteiger partial charge >= 0.3 is 6.18 Å². The number of ether oxygens (including phenoxy) is 1. The quantitative estimate of drug-likeness (QED) is 0.770. The van der Waals surface area contributed by atoms with Gasteiger partial charge in [-0.2, -0.15) is 13.2 Å². The van der Waals surface area contributed by atoms with E-state index in [4.69, 9.17) is 4.74 Å². The molecule has 108 valence electrons. The van der Waals surface area contributed by atoms with Gasteiger partial charge in [-0.3, -0.25) is 4.79 Å². The van der Waals surface area contributed by atoms with Crippen LogP contribution < -0.4 is 10.6 Å². The molecule has 1 fully saturated rings. The van der Waals surface area contributed by atoms with Crippen molar-refractivity contribution in [2.75, 3.05) is 23.8 Å². The number of alkyl halides is 3. The second-order valence-electron chi connectivity index (χ2n) is 5.34. The van der Waals surface area contributed by atoms with Gasteiger partial charge in [0.1, 0.15) is 0 Å². The molecule has 3 rings (SSSR count). The highest BCUT2D eigenvalue weighted by Gasteiger charge is 2.48. The maximum absolute atomic E-state index is 12.7. The van der Waals surface area contributed by atoms with E-state index in [-0.39, 0.29) is 24.2 Å². The predicted octanol–water partition coefficient (Wildman–Crippen LogP) is 2.47. The Morgan fingerprint density at radius 3 is 2.80 bits per heavy atom. The Kier molecular flexibility index (Phi) is 2.72. The molecular formula is C13H13F3N2O2. The number of carbonyl (C=O) groups is 1. The normalized spacial score (nSPS) is 29.0. The number of anilines is 2. The van der Waals surface area contributed by atoms with E-state index in [1.54, 1.807) is 6.92 Å². The van der Waals surface area contributed by atoms with Crippen LogP contribution in [-0.4, -0.2) is 25.2 Å². The molecule has 7 heteroatoms. The summed E-state index contributed by atoms with van der Waals surface area (Å²) in [7, 11) is 0. The predicted molar refractivity (Wildman–Crippen MR) is 66.4 cm³/mol. The number of hydrogen-bond donors (Lipinski definition) is 2. The molecule has 0 saturated carbocycles. The van der Waals surface area contributed by atoms with Crippen LogP contribution in [0.15, 0.2) is 18.2 Å². The van der Waals surface area contributed by atoms with E-state index in [0.717, 1.165) is 12.1 Å². The number of halogens is 3. The maximum atomic E-state index is 12.7.